The molecular weight excluding hydrogens is 230 g/mol. The van der Waals surface area contributed by atoms with Gasteiger partial charge < -0.3 is 9.84 Å². The number of rotatable bonds is 4. The predicted octanol–water partition coefficient (Wildman–Crippen LogP) is 1.36. The first-order chi connectivity index (χ1) is 7.93. The second-order valence-corrected chi connectivity index (χ2v) is 3.15. The summed E-state index contributed by atoms with van der Waals surface area (Å²) in [5.41, 5.74) is -0.758. The van der Waals surface area contributed by atoms with E-state index in [1.54, 1.807) is 0 Å². The van der Waals surface area contributed by atoms with Crippen molar-refractivity contribution in [2.45, 2.75) is 13.5 Å². The number of nitro groups is 1. The molecule has 1 aromatic carbocycles. The highest BCUT2D eigenvalue weighted by atomic mass is 16.6. The molecule has 17 heavy (non-hydrogen) atoms. The van der Waals surface area contributed by atoms with Crippen molar-refractivity contribution in [3.63, 3.8) is 0 Å². The van der Waals surface area contributed by atoms with Crippen LogP contribution in [0.5, 0.6) is 0 Å². The van der Waals surface area contributed by atoms with E-state index >= 15 is 0 Å². The van der Waals surface area contributed by atoms with Gasteiger partial charge in [-0.1, -0.05) is 6.07 Å². The molecule has 0 saturated heterocycles. The Kier molecular flexibility index (Phi) is 3.76. The fourth-order valence-corrected chi connectivity index (χ4v) is 1.27. The summed E-state index contributed by atoms with van der Waals surface area (Å²) >= 11 is 0. The topological polar surface area (TPSA) is 107 Å². The standard InChI is InChI=1S/C10H9NO6/c1-6(12)17-5-8-7(10(13)14)3-2-4-9(8)11(15)16/h2-4H,5H2,1H3,(H,13,14). The molecule has 0 aliphatic rings. The number of ether oxygens (including phenoxy) is 1. The third-order valence-electron chi connectivity index (χ3n) is 2.00. The molecule has 0 amide bonds. The summed E-state index contributed by atoms with van der Waals surface area (Å²) in [4.78, 5) is 31.5. The summed E-state index contributed by atoms with van der Waals surface area (Å²) in [7, 11) is 0. The Hall–Kier alpha value is -2.44. The van der Waals surface area contributed by atoms with Crippen molar-refractivity contribution in [3.05, 3.63) is 39.4 Å². The van der Waals surface area contributed by atoms with E-state index in [2.05, 4.69) is 4.74 Å². The number of nitrogens with zero attached hydrogens (tertiary/aromatic N) is 1. The highest BCUT2D eigenvalue weighted by Gasteiger charge is 2.21. The van der Waals surface area contributed by atoms with Crippen LogP contribution in [0.3, 0.4) is 0 Å². The molecule has 0 heterocycles. The van der Waals surface area contributed by atoms with E-state index in [0.29, 0.717) is 0 Å². The number of carbonyl (C=O) groups is 2. The molecule has 7 nitrogen and oxygen atoms in total. The summed E-state index contributed by atoms with van der Waals surface area (Å²) in [6.45, 7) is 0.698. The molecule has 0 aromatic heterocycles. The zero-order valence-corrected chi connectivity index (χ0v) is 8.87. The molecule has 0 fully saturated rings. The molecule has 1 N–H and O–H groups in total. The molecule has 0 saturated carbocycles. The van der Waals surface area contributed by atoms with Crippen LogP contribution < -0.4 is 0 Å². The van der Waals surface area contributed by atoms with Gasteiger partial charge in [0.05, 0.1) is 16.1 Å². The van der Waals surface area contributed by atoms with Gasteiger partial charge >= 0.3 is 11.9 Å². The highest BCUT2D eigenvalue weighted by Crippen LogP contribution is 2.23. The molecule has 0 atom stereocenters. The molecule has 7 heteroatoms. The molecule has 0 aliphatic carbocycles. The number of hydrogen-bond donors (Lipinski definition) is 1. The largest absolute Gasteiger partial charge is 0.478 e. The summed E-state index contributed by atoms with van der Waals surface area (Å²) in [6.07, 6.45) is 0. The van der Waals surface area contributed by atoms with Crippen LogP contribution in [-0.4, -0.2) is 22.0 Å². The fraction of sp³-hybridized carbons (Fsp3) is 0.200. The molecule has 0 unspecified atom stereocenters. The first-order valence-electron chi connectivity index (χ1n) is 4.56. The molecule has 90 valence electrons. The van der Waals surface area contributed by atoms with Crippen LogP contribution >= 0.6 is 0 Å². The number of esters is 1. The molecule has 0 aliphatic heterocycles. The van der Waals surface area contributed by atoms with Crippen LogP contribution in [-0.2, 0) is 16.1 Å². The molecule has 0 radical (unpaired) electrons. The Balaban J connectivity index is 3.23. The summed E-state index contributed by atoms with van der Waals surface area (Å²) in [5, 5.41) is 19.6. The maximum atomic E-state index is 10.9. The van der Waals surface area contributed by atoms with Crippen molar-refractivity contribution in [3.8, 4) is 0 Å². The summed E-state index contributed by atoms with van der Waals surface area (Å²) in [6, 6.07) is 3.64. The molecule has 0 bridgehead atoms. The second-order valence-electron chi connectivity index (χ2n) is 3.15. The van der Waals surface area contributed by atoms with Gasteiger partial charge in [0.15, 0.2) is 0 Å². The lowest BCUT2D eigenvalue weighted by Crippen LogP contribution is -2.09. The molecular formula is C10H9NO6. The van der Waals surface area contributed by atoms with Gasteiger partial charge in [-0.2, -0.15) is 0 Å². The number of benzene rings is 1. The lowest BCUT2D eigenvalue weighted by Gasteiger charge is -2.06. The zero-order chi connectivity index (χ0) is 13.0. The van der Waals surface area contributed by atoms with Crippen LogP contribution in [0.15, 0.2) is 18.2 Å². The van der Waals surface area contributed by atoms with Gasteiger partial charge in [-0.15, -0.1) is 0 Å². The quantitative estimate of drug-likeness (QED) is 0.482. The Bertz CT molecular complexity index is 449. The Morgan fingerprint density at radius 3 is 2.59 bits per heavy atom. The average Bonchev–Trinajstić information content (AvgIpc) is 2.25. The zero-order valence-electron chi connectivity index (χ0n) is 8.87. The minimum Gasteiger partial charge on any atom is -0.478 e. The molecule has 1 aromatic rings. The Labute approximate surface area is 95.8 Å². The lowest BCUT2D eigenvalue weighted by atomic mass is 10.1. The van der Waals surface area contributed by atoms with E-state index in [9.17, 15) is 19.7 Å². The van der Waals surface area contributed by atoms with E-state index in [1.807, 2.05) is 0 Å². The van der Waals surface area contributed by atoms with E-state index in [-0.39, 0.29) is 16.8 Å². The fourth-order valence-electron chi connectivity index (χ4n) is 1.27. The highest BCUT2D eigenvalue weighted by molar-refractivity contribution is 5.90. The second kappa shape index (κ2) is 5.06. The maximum absolute atomic E-state index is 10.9. The third kappa shape index (κ3) is 3.00. The minimum absolute atomic E-state index is 0.125. The van der Waals surface area contributed by atoms with Gasteiger partial charge in [-0.25, -0.2) is 4.79 Å². The SMILES string of the molecule is CC(=O)OCc1c(C(=O)O)cccc1[N+](=O)[O-]. The third-order valence-corrected chi connectivity index (χ3v) is 2.00. The van der Waals surface area contributed by atoms with Crippen molar-refractivity contribution in [2.75, 3.05) is 0 Å². The average molecular weight is 239 g/mol. The summed E-state index contributed by atoms with van der Waals surface area (Å²) < 4.78 is 4.60. The van der Waals surface area contributed by atoms with Gasteiger partial charge in [-0.3, -0.25) is 14.9 Å². The van der Waals surface area contributed by atoms with Crippen molar-refractivity contribution in [1.82, 2.24) is 0 Å². The van der Waals surface area contributed by atoms with Gasteiger partial charge in [0, 0.05) is 13.0 Å². The summed E-state index contributed by atoms with van der Waals surface area (Å²) in [5.74, 6) is -1.95. The van der Waals surface area contributed by atoms with Crippen molar-refractivity contribution >= 4 is 17.6 Å². The Morgan fingerprint density at radius 2 is 2.12 bits per heavy atom. The normalized spacial score (nSPS) is 9.71. The van der Waals surface area contributed by atoms with Crippen LogP contribution in [0, 0.1) is 10.1 Å². The van der Waals surface area contributed by atoms with E-state index in [1.165, 1.54) is 12.1 Å². The number of nitro benzene ring substituents is 1. The maximum Gasteiger partial charge on any atom is 0.336 e. The lowest BCUT2D eigenvalue weighted by molar-refractivity contribution is -0.385. The van der Waals surface area contributed by atoms with Gasteiger partial charge in [0.2, 0.25) is 0 Å². The number of carboxylic acids is 1. The number of aromatic carboxylic acids is 1. The van der Waals surface area contributed by atoms with E-state index < -0.39 is 23.5 Å². The van der Waals surface area contributed by atoms with E-state index in [4.69, 9.17) is 5.11 Å². The van der Waals surface area contributed by atoms with Crippen LogP contribution in [0.25, 0.3) is 0 Å². The Morgan fingerprint density at radius 1 is 1.47 bits per heavy atom. The first-order valence-corrected chi connectivity index (χ1v) is 4.56. The smallest absolute Gasteiger partial charge is 0.336 e. The van der Waals surface area contributed by atoms with Gasteiger partial charge in [-0.05, 0) is 6.07 Å². The van der Waals surface area contributed by atoms with Crippen molar-refractivity contribution in [2.24, 2.45) is 0 Å². The van der Waals surface area contributed by atoms with Crippen LogP contribution in [0.1, 0.15) is 22.8 Å². The first kappa shape index (κ1) is 12.6. The minimum atomic E-state index is -1.31. The number of carboxylic acid groups (broad SMARTS) is 1. The predicted molar refractivity (Wildman–Crippen MR) is 55.5 cm³/mol. The van der Waals surface area contributed by atoms with Crippen molar-refractivity contribution in [1.29, 1.82) is 0 Å². The van der Waals surface area contributed by atoms with Gasteiger partial charge in [0.1, 0.15) is 6.61 Å². The van der Waals surface area contributed by atoms with E-state index in [0.717, 1.165) is 13.0 Å². The molecule has 0 spiro atoms. The number of carbonyl (C=O) groups excluding carboxylic acids is 1. The van der Waals surface area contributed by atoms with Crippen molar-refractivity contribution < 1.29 is 24.4 Å². The monoisotopic (exact) mass is 239 g/mol. The van der Waals surface area contributed by atoms with Crippen LogP contribution in [0.2, 0.25) is 0 Å². The van der Waals surface area contributed by atoms with Crippen LogP contribution in [0.4, 0.5) is 5.69 Å². The molecule has 1 rings (SSSR count). The number of hydrogen-bond acceptors (Lipinski definition) is 5. The van der Waals surface area contributed by atoms with Gasteiger partial charge in [0.25, 0.3) is 5.69 Å².